The van der Waals surface area contributed by atoms with E-state index in [1.807, 2.05) is 24.8 Å². The van der Waals surface area contributed by atoms with Gasteiger partial charge in [-0.25, -0.2) is 0 Å². The number of allylic oxidation sites excluding steroid dienone is 4. The van der Waals surface area contributed by atoms with Crippen molar-refractivity contribution in [3.05, 3.63) is 79.5 Å². The number of halogens is 2. The summed E-state index contributed by atoms with van der Waals surface area (Å²) in [7, 11) is 0. The monoisotopic (exact) mass is 706 g/mol. The molecule has 6 rings (SSSR count). The topological polar surface area (TPSA) is 75.6 Å². The van der Waals surface area contributed by atoms with Crippen molar-refractivity contribution in [3.63, 3.8) is 0 Å². The molecule has 0 aromatic carbocycles. The molecule has 4 nitrogen and oxygen atoms in total. The van der Waals surface area contributed by atoms with Crippen molar-refractivity contribution >= 4 is 62.4 Å². The van der Waals surface area contributed by atoms with E-state index in [-0.39, 0.29) is 10.8 Å². The minimum atomic E-state index is -0.314. The molecule has 0 aliphatic heterocycles. The third kappa shape index (κ3) is 5.08. The second kappa shape index (κ2) is 10.2. The quantitative estimate of drug-likeness (QED) is 0.221. The maximum absolute atomic E-state index is 9.64. The van der Waals surface area contributed by atoms with Crippen LogP contribution in [0.5, 0.6) is 0 Å². The highest BCUT2D eigenvalue weighted by Crippen LogP contribution is 2.49. The number of nitriles is 1. The highest BCUT2D eigenvalue weighted by Gasteiger charge is 2.45. The van der Waals surface area contributed by atoms with Crippen molar-refractivity contribution in [1.82, 2.24) is 9.97 Å². The van der Waals surface area contributed by atoms with E-state index in [1.165, 1.54) is 18.4 Å². The van der Waals surface area contributed by atoms with Gasteiger partial charge in [0.25, 0.3) is 0 Å². The van der Waals surface area contributed by atoms with Gasteiger partial charge in [0, 0.05) is 37.3 Å². The molecule has 2 aromatic heterocycles. The first-order valence-electron chi connectivity index (χ1n) is 12.1. The zero-order chi connectivity index (χ0) is 24.6. The molecule has 35 heavy (non-hydrogen) atoms. The van der Waals surface area contributed by atoms with Gasteiger partial charge in [-0.3, -0.25) is 9.97 Å². The predicted molar refractivity (Wildman–Crippen MR) is 160 cm³/mol. The Bertz CT molecular complexity index is 1210. The molecule has 2 aromatic rings. The number of fused-ring (bicyclic) bond motifs is 4. The Morgan fingerprint density at radius 2 is 1.29 bits per heavy atom. The van der Waals surface area contributed by atoms with E-state index in [4.69, 9.17) is 18.0 Å². The Labute approximate surface area is 240 Å². The van der Waals surface area contributed by atoms with E-state index < -0.39 is 0 Å². The normalized spacial score (nSPS) is 34.1. The fraction of sp³-hybridized carbons (Fsp3) is 0.429. The molecule has 4 bridgehead atoms. The van der Waals surface area contributed by atoms with Crippen LogP contribution in [0, 0.1) is 42.1 Å². The Balaban J connectivity index is 0.000000145. The lowest BCUT2D eigenvalue weighted by atomic mass is 9.65. The lowest BCUT2D eigenvalue weighted by Crippen LogP contribution is -2.44. The van der Waals surface area contributed by atoms with Crippen molar-refractivity contribution in [3.8, 4) is 6.07 Å². The van der Waals surface area contributed by atoms with E-state index in [0.717, 1.165) is 38.4 Å². The van der Waals surface area contributed by atoms with Crippen molar-refractivity contribution < 1.29 is 0 Å². The van der Waals surface area contributed by atoms with Crippen LogP contribution in [-0.2, 0) is 10.8 Å². The van der Waals surface area contributed by atoms with E-state index >= 15 is 0 Å². The van der Waals surface area contributed by atoms with Gasteiger partial charge in [0.05, 0.1) is 16.5 Å². The Kier molecular flexibility index (Phi) is 7.35. The Morgan fingerprint density at radius 3 is 1.74 bits per heavy atom. The molecule has 0 spiro atoms. The second-order valence-electron chi connectivity index (χ2n) is 10.5. The van der Waals surface area contributed by atoms with Crippen LogP contribution in [0.3, 0.4) is 0 Å². The van der Waals surface area contributed by atoms with Crippen LogP contribution in [0.4, 0.5) is 0 Å². The van der Waals surface area contributed by atoms with Crippen molar-refractivity contribution in [2.45, 2.75) is 49.4 Å². The van der Waals surface area contributed by atoms with Gasteiger partial charge in [-0.05, 0) is 131 Å². The summed E-state index contributed by atoms with van der Waals surface area (Å²) in [5.41, 5.74) is 7.94. The highest BCUT2D eigenvalue weighted by atomic mass is 127. The molecule has 0 saturated heterocycles. The van der Waals surface area contributed by atoms with Gasteiger partial charge in [-0.1, -0.05) is 36.5 Å². The molecule has 2 fully saturated rings. The fourth-order valence-corrected chi connectivity index (χ4v) is 7.88. The minimum absolute atomic E-state index is 0.152. The maximum Gasteiger partial charge on any atom is 0.0848 e. The van der Waals surface area contributed by atoms with Gasteiger partial charge >= 0.3 is 0 Å². The van der Waals surface area contributed by atoms with Crippen LogP contribution in [0.1, 0.15) is 49.7 Å². The smallest absolute Gasteiger partial charge is 0.0848 e. The Hall–Kier alpha value is -1.38. The van der Waals surface area contributed by atoms with E-state index in [2.05, 4.69) is 97.7 Å². The van der Waals surface area contributed by atoms with Gasteiger partial charge in [0.1, 0.15) is 0 Å². The van der Waals surface area contributed by atoms with Gasteiger partial charge in [-0.2, -0.15) is 5.26 Å². The maximum atomic E-state index is 9.64. The fourth-order valence-electron chi connectivity index (χ4n) is 6.60. The predicted octanol–water partition coefficient (Wildman–Crippen LogP) is 6.63. The molecular weight excluding hydrogens is 678 g/mol. The summed E-state index contributed by atoms with van der Waals surface area (Å²) in [5, 5.41) is 9.64. The number of thiocarbonyl (C=S) groups is 1. The molecule has 4 aliphatic carbocycles. The zero-order valence-electron chi connectivity index (χ0n) is 19.4. The van der Waals surface area contributed by atoms with Crippen molar-refractivity contribution in [2.75, 3.05) is 0 Å². The Morgan fingerprint density at radius 1 is 0.829 bits per heavy atom. The number of nitrogens with two attached hydrogens (primary N) is 1. The molecule has 2 unspecified atom stereocenters. The molecule has 2 N–H and O–H groups in total. The molecule has 7 heteroatoms. The third-order valence-electron chi connectivity index (χ3n) is 8.17. The van der Waals surface area contributed by atoms with E-state index in [9.17, 15) is 5.26 Å². The molecule has 2 saturated carbocycles. The average molecular weight is 706 g/mol. The van der Waals surface area contributed by atoms with Gasteiger partial charge in [0.15, 0.2) is 0 Å². The van der Waals surface area contributed by atoms with Crippen molar-refractivity contribution in [1.29, 1.82) is 5.26 Å². The van der Waals surface area contributed by atoms with Crippen LogP contribution in [-0.4, -0.2) is 15.0 Å². The van der Waals surface area contributed by atoms with E-state index in [0.29, 0.717) is 28.7 Å². The molecule has 6 atom stereocenters. The van der Waals surface area contributed by atoms with E-state index in [1.54, 1.807) is 0 Å². The van der Waals surface area contributed by atoms with Gasteiger partial charge in [0.2, 0.25) is 0 Å². The summed E-state index contributed by atoms with van der Waals surface area (Å²) in [5.74, 6) is 2.43. The summed E-state index contributed by atoms with van der Waals surface area (Å²) in [6.07, 6.45) is 23.3. The minimum Gasteiger partial charge on any atom is -0.393 e. The number of hydrogen-bond acceptors (Lipinski definition) is 4. The average Bonchev–Trinajstić information content (AvgIpc) is 3.38. The zero-order valence-corrected chi connectivity index (χ0v) is 24.5. The second-order valence-corrected chi connectivity index (χ2v) is 13.5. The molecule has 4 aliphatic rings. The standard InChI is InChI=1S/C14H15IN2S.C14H13IN2/c15-12-4-11(7-17-8-12)14(13(16)18)5-9-1-2-10(3-9)6-14;15-13-4-12(7-17-8-13)14(9-16)5-10-1-2-11(3-10)6-14/h1-2,4,7-10H,3,5-6H2,(H2,16,18);1-2,4,7-8,10-11H,3,5-6H2/t9-,10+,14?;10-,11+,14?. The molecule has 0 amide bonds. The first-order chi connectivity index (χ1) is 16.8. The molecular formula is C28H28I2N4S. The lowest BCUT2D eigenvalue weighted by molar-refractivity contribution is 0.281. The lowest BCUT2D eigenvalue weighted by Gasteiger charge is -2.40. The largest absolute Gasteiger partial charge is 0.393 e. The number of nitrogens with zero attached hydrogens (tertiary/aromatic N) is 3. The van der Waals surface area contributed by atoms with Crippen LogP contribution in [0.15, 0.2) is 61.2 Å². The van der Waals surface area contributed by atoms with Crippen LogP contribution in [0.2, 0.25) is 0 Å². The van der Waals surface area contributed by atoms with Crippen LogP contribution >= 0.6 is 57.4 Å². The first-order valence-corrected chi connectivity index (χ1v) is 14.7. The number of pyridine rings is 2. The summed E-state index contributed by atoms with van der Waals surface area (Å²) < 4.78 is 2.26. The summed E-state index contributed by atoms with van der Waals surface area (Å²) in [6.45, 7) is 0. The molecule has 0 radical (unpaired) electrons. The number of hydrogen-bond donors (Lipinski definition) is 1. The van der Waals surface area contributed by atoms with Crippen molar-refractivity contribution in [2.24, 2.45) is 29.4 Å². The SMILES string of the molecule is N#CC1(c2cncc(I)c2)C[C@@H]2C=C[C@@H](C2)C1.NC(=S)C1(c2cncc(I)c2)C[C@@H]2C=C[C@@H](C2)C1. The van der Waals surface area contributed by atoms with Crippen LogP contribution < -0.4 is 5.73 Å². The molecule has 2 heterocycles. The highest BCUT2D eigenvalue weighted by molar-refractivity contribution is 14.1. The van der Waals surface area contributed by atoms with Gasteiger partial charge in [-0.15, -0.1) is 0 Å². The summed E-state index contributed by atoms with van der Waals surface area (Å²) in [4.78, 5) is 9.19. The third-order valence-corrected chi connectivity index (χ3v) is 9.74. The summed E-state index contributed by atoms with van der Waals surface area (Å²) >= 11 is 9.97. The summed E-state index contributed by atoms with van der Waals surface area (Å²) in [6, 6.07) is 6.87. The van der Waals surface area contributed by atoms with Crippen LogP contribution in [0.25, 0.3) is 0 Å². The number of rotatable bonds is 3. The first kappa shape index (κ1) is 25.3. The molecule has 180 valence electrons. The van der Waals surface area contributed by atoms with Gasteiger partial charge < -0.3 is 5.73 Å². The number of aromatic nitrogens is 2.